The molecule has 3 unspecified atom stereocenters. The number of fused-ring (bicyclic) bond motifs is 1. The van der Waals surface area contributed by atoms with E-state index in [0.717, 1.165) is 29.4 Å². The van der Waals surface area contributed by atoms with E-state index in [-0.39, 0.29) is 69.3 Å². The van der Waals surface area contributed by atoms with Crippen LogP contribution in [0.2, 0.25) is 0 Å². The zero-order valence-electron chi connectivity index (χ0n) is 22.1. The van der Waals surface area contributed by atoms with Crippen molar-refractivity contribution in [2.45, 2.75) is 84.0 Å². The van der Waals surface area contributed by atoms with Gasteiger partial charge in [-0.15, -0.1) is 0 Å². The van der Waals surface area contributed by atoms with E-state index < -0.39 is 5.92 Å². The lowest BCUT2D eigenvalue weighted by Crippen LogP contribution is -2.32. The zero-order chi connectivity index (χ0) is 25.8. The predicted molar refractivity (Wildman–Crippen MR) is 145 cm³/mol. The van der Waals surface area contributed by atoms with Gasteiger partial charge in [-0.05, 0) is 92.2 Å². The Morgan fingerprint density at radius 3 is 2.19 bits per heavy atom. The summed E-state index contributed by atoms with van der Waals surface area (Å²) < 4.78 is 0. The second kappa shape index (κ2) is 13.1. The number of Topliss-reactive ketones (excluding diaryl/α,β-unsaturated/α-hetero) is 3. The van der Waals surface area contributed by atoms with Crippen LogP contribution in [-0.2, 0) is 22.4 Å². The third-order valence-electron chi connectivity index (χ3n) is 8.61. The van der Waals surface area contributed by atoms with Gasteiger partial charge < -0.3 is 20.8 Å². The van der Waals surface area contributed by atoms with E-state index in [1.807, 2.05) is 6.07 Å². The number of aromatic hydroxyl groups is 1. The van der Waals surface area contributed by atoms with Gasteiger partial charge in [0.1, 0.15) is 17.3 Å². The summed E-state index contributed by atoms with van der Waals surface area (Å²) in [7, 11) is 0. The fourth-order valence-electron chi connectivity index (χ4n) is 6.50. The standard InChI is InChI=1S/C30H42O6.H2O.2H2/c1-18(33)10-28(35)26(17-32)24(8-9-31)14-22-15-25-23(6-7-27(34)30(25)29(36)16-22)13-21(11-19-2-3-19)12-20-4-5-20;;;/h6-7,19-22,24,26,31-32,34H,2-5,8-17H2,1H3;1H2;2*1H. The summed E-state index contributed by atoms with van der Waals surface area (Å²) in [6.45, 7) is 0.865. The molecule has 37 heavy (non-hydrogen) atoms. The molecule has 2 fully saturated rings. The summed E-state index contributed by atoms with van der Waals surface area (Å²) in [5, 5.41) is 30.2. The highest BCUT2D eigenvalue weighted by Crippen LogP contribution is 2.44. The second-order valence-corrected chi connectivity index (χ2v) is 11.9. The van der Waals surface area contributed by atoms with E-state index in [1.54, 1.807) is 6.07 Å². The van der Waals surface area contributed by atoms with E-state index in [1.165, 1.54) is 45.4 Å². The Bertz CT molecular complexity index is 960. The topological polar surface area (TPSA) is 143 Å². The number of ketones is 3. The van der Waals surface area contributed by atoms with E-state index in [2.05, 4.69) is 0 Å². The summed E-state index contributed by atoms with van der Waals surface area (Å²) >= 11 is 0. The molecule has 7 heteroatoms. The monoisotopic (exact) mass is 520 g/mol. The summed E-state index contributed by atoms with van der Waals surface area (Å²) in [6, 6.07) is 3.67. The summed E-state index contributed by atoms with van der Waals surface area (Å²) in [6.07, 6.45) is 10.3. The maximum absolute atomic E-state index is 13.2. The number of carbonyl (C=O) groups excluding carboxylic acids is 3. The fraction of sp³-hybridized carbons (Fsp3) is 0.700. The summed E-state index contributed by atoms with van der Waals surface area (Å²) in [5.74, 6) is 0.687. The van der Waals surface area contributed by atoms with Crippen LogP contribution in [0, 0.1) is 35.5 Å². The number of phenolic OH excluding ortho intramolecular Hbond substituents is 1. The van der Waals surface area contributed by atoms with Crippen LogP contribution in [0.15, 0.2) is 12.1 Å². The van der Waals surface area contributed by atoms with Crippen molar-refractivity contribution in [1.29, 1.82) is 0 Å². The molecule has 5 N–H and O–H groups in total. The highest BCUT2D eigenvalue weighted by atomic mass is 16.3. The van der Waals surface area contributed by atoms with Gasteiger partial charge in [0.05, 0.1) is 18.6 Å². The van der Waals surface area contributed by atoms with Crippen LogP contribution in [0.1, 0.15) is 95.5 Å². The minimum atomic E-state index is -0.720. The lowest BCUT2D eigenvalue weighted by atomic mass is 9.72. The Morgan fingerprint density at radius 2 is 1.65 bits per heavy atom. The number of hydrogen-bond donors (Lipinski definition) is 3. The molecule has 0 bridgehead atoms. The molecule has 0 heterocycles. The molecule has 1 aromatic carbocycles. The van der Waals surface area contributed by atoms with Gasteiger partial charge in [-0.1, -0.05) is 31.7 Å². The first-order valence-corrected chi connectivity index (χ1v) is 13.9. The number of aliphatic hydroxyl groups excluding tert-OH is 2. The van der Waals surface area contributed by atoms with E-state index in [9.17, 15) is 29.7 Å². The molecule has 0 aliphatic heterocycles. The predicted octanol–water partition coefficient (Wildman–Crippen LogP) is 4.11. The molecule has 2 saturated carbocycles. The van der Waals surface area contributed by atoms with Crippen LogP contribution in [-0.4, -0.2) is 51.4 Å². The number of carbonyl (C=O) groups is 3. The smallest absolute Gasteiger partial charge is 0.167 e. The van der Waals surface area contributed by atoms with Gasteiger partial charge in [0, 0.05) is 21.8 Å². The van der Waals surface area contributed by atoms with Gasteiger partial charge in [0.15, 0.2) is 5.78 Å². The number of rotatable bonds is 15. The van der Waals surface area contributed by atoms with Crippen LogP contribution in [0.4, 0.5) is 0 Å². The van der Waals surface area contributed by atoms with Gasteiger partial charge >= 0.3 is 0 Å². The number of aliphatic hydroxyl groups is 2. The van der Waals surface area contributed by atoms with Crippen LogP contribution in [0.3, 0.4) is 0 Å². The van der Waals surface area contributed by atoms with Gasteiger partial charge in [-0.3, -0.25) is 14.4 Å². The molecule has 0 aromatic heterocycles. The van der Waals surface area contributed by atoms with E-state index in [4.69, 9.17) is 0 Å². The lowest BCUT2D eigenvalue weighted by Gasteiger charge is -2.32. The maximum atomic E-state index is 13.2. The maximum Gasteiger partial charge on any atom is 0.167 e. The second-order valence-electron chi connectivity index (χ2n) is 11.9. The molecule has 3 atom stereocenters. The highest BCUT2D eigenvalue weighted by Gasteiger charge is 2.36. The first kappa shape index (κ1) is 29.5. The first-order chi connectivity index (χ1) is 17.3. The summed E-state index contributed by atoms with van der Waals surface area (Å²) in [5.41, 5.74) is 2.58. The largest absolute Gasteiger partial charge is 0.507 e. The first-order valence-electron chi connectivity index (χ1n) is 13.9. The minimum Gasteiger partial charge on any atom is -0.507 e. The average molecular weight is 521 g/mol. The van der Waals surface area contributed by atoms with Crippen molar-refractivity contribution >= 4 is 17.3 Å². The molecule has 0 saturated heterocycles. The molecule has 0 spiro atoms. The Kier molecular flexibility index (Phi) is 10.4. The van der Waals surface area contributed by atoms with Crippen molar-refractivity contribution in [3.63, 3.8) is 0 Å². The Hall–Kier alpha value is -2.09. The SMILES string of the molecule is CC(=O)CC(=O)C(CO)C(CCO)CC1CC(=O)c2c(O)ccc(CC(CC3CC3)CC3CC3)c2C1.O.[HH].[HH]. The van der Waals surface area contributed by atoms with Crippen molar-refractivity contribution in [3.8, 4) is 5.75 Å². The van der Waals surface area contributed by atoms with E-state index >= 15 is 0 Å². The van der Waals surface area contributed by atoms with Crippen molar-refractivity contribution in [3.05, 3.63) is 28.8 Å². The average Bonchev–Trinajstić information content (AvgIpc) is 3.73. The van der Waals surface area contributed by atoms with Crippen LogP contribution in [0.5, 0.6) is 5.75 Å². The Labute approximate surface area is 222 Å². The quantitative estimate of drug-likeness (QED) is 0.297. The molecule has 3 aliphatic rings. The molecule has 0 amide bonds. The third kappa shape index (κ3) is 7.95. The van der Waals surface area contributed by atoms with Gasteiger partial charge in [-0.25, -0.2) is 0 Å². The molecule has 1 aromatic rings. The molecule has 4 rings (SSSR count). The summed E-state index contributed by atoms with van der Waals surface area (Å²) in [4.78, 5) is 37.4. The van der Waals surface area contributed by atoms with Crippen LogP contribution in [0.25, 0.3) is 0 Å². The highest BCUT2D eigenvalue weighted by molar-refractivity contribution is 6.01. The van der Waals surface area contributed by atoms with Crippen LogP contribution >= 0.6 is 0 Å². The molecular weight excluding hydrogens is 472 g/mol. The van der Waals surface area contributed by atoms with E-state index in [0.29, 0.717) is 30.7 Å². The minimum absolute atomic E-state index is 0. The zero-order valence-corrected chi connectivity index (χ0v) is 22.1. The number of phenols is 1. The van der Waals surface area contributed by atoms with Crippen molar-refractivity contribution in [2.75, 3.05) is 13.2 Å². The number of hydrogen-bond acceptors (Lipinski definition) is 6. The Morgan fingerprint density at radius 1 is 1.00 bits per heavy atom. The fourth-order valence-corrected chi connectivity index (χ4v) is 6.50. The normalized spacial score (nSPS) is 20.8. The van der Waals surface area contributed by atoms with Crippen LogP contribution < -0.4 is 0 Å². The van der Waals surface area contributed by atoms with Crippen molar-refractivity contribution in [2.24, 2.45) is 35.5 Å². The third-order valence-corrected chi connectivity index (χ3v) is 8.61. The molecule has 3 aliphatic carbocycles. The molecule has 0 radical (unpaired) electrons. The van der Waals surface area contributed by atoms with Gasteiger partial charge in [-0.2, -0.15) is 0 Å². The lowest BCUT2D eigenvalue weighted by molar-refractivity contribution is -0.131. The van der Waals surface area contributed by atoms with Crippen molar-refractivity contribution in [1.82, 2.24) is 0 Å². The molecular formula is C30H48O7. The number of benzene rings is 1. The van der Waals surface area contributed by atoms with Gasteiger partial charge in [0.25, 0.3) is 0 Å². The Balaban J connectivity index is 0.00000253. The molecule has 210 valence electrons. The van der Waals surface area contributed by atoms with Gasteiger partial charge in [0.2, 0.25) is 0 Å². The molecule has 7 nitrogen and oxygen atoms in total. The van der Waals surface area contributed by atoms with Crippen molar-refractivity contribution < 1.29 is 38.0 Å².